The molecule has 15 heavy (non-hydrogen) atoms. The van der Waals surface area contributed by atoms with E-state index >= 15 is 0 Å². The van der Waals surface area contributed by atoms with Gasteiger partial charge in [0, 0.05) is 31.4 Å². The molecule has 0 aromatic heterocycles. The highest BCUT2D eigenvalue weighted by Crippen LogP contribution is 2.22. The van der Waals surface area contributed by atoms with Crippen molar-refractivity contribution in [3.05, 3.63) is 0 Å². The second kappa shape index (κ2) is 6.12. The van der Waals surface area contributed by atoms with Gasteiger partial charge in [0.25, 0.3) is 0 Å². The summed E-state index contributed by atoms with van der Waals surface area (Å²) in [6.45, 7) is 8.26. The first-order valence-corrected chi connectivity index (χ1v) is 7.34. The molecule has 0 spiro atoms. The smallest absolute Gasteiger partial charge is 0.00694 e. The Kier molecular flexibility index (Phi) is 5.44. The molecule has 1 fully saturated rings. The van der Waals surface area contributed by atoms with E-state index in [9.17, 15) is 0 Å². The number of hydrogen-bond acceptors (Lipinski definition) is 3. The molecule has 0 saturated heterocycles. The maximum Gasteiger partial charge on any atom is 0.00694 e. The van der Waals surface area contributed by atoms with Gasteiger partial charge in [-0.05, 0) is 31.6 Å². The van der Waals surface area contributed by atoms with E-state index in [1.165, 1.54) is 31.7 Å². The molecule has 1 saturated carbocycles. The van der Waals surface area contributed by atoms with Crippen LogP contribution < -0.4 is 5.32 Å². The normalized spacial score (nSPS) is 17.4. The van der Waals surface area contributed by atoms with Gasteiger partial charge in [-0.15, -0.1) is 0 Å². The van der Waals surface area contributed by atoms with Gasteiger partial charge in [-0.2, -0.15) is 11.8 Å². The lowest BCUT2D eigenvalue weighted by molar-refractivity contribution is 0.212. The lowest BCUT2D eigenvalue weighted by Crippen LogP contribution is -2.40. The number of nitrogens with zero attached hydrogens (tertiary/aromatic N) is 1. The van der Waals surface area contributed by atoms with Gasteiger partial charge in [0.05, 0.1) is 0 Å². The van der Waals surface area contributed by atoms with E-state index < -0.39 is 0 Å². The van der Waals surface area contributed by atoms with Crippen LogP contribution in [0.4, 0.5) is 0 Å². The summed E-state index contributed by atoms with van der Waals surface area (Å²) in [6, 6.07) is 0.834. The molecule has 0 atom stereocenters. The maximum atomic E-state index is 3.63. The van der Waals surface area contributed by atoms with Crippen LogP contribution in [0, 0.1) is 5.41 Å². The Morgan fingerprint density at radius 3 is 2.60 bits per heavy atom. The van der Waals surface area contributed by atoms with Crippen molar-refractivity contribution in [1.29, 1.82) is 0 Å². The topological polar surface area (TPSA) is 15.3 Å². The molecule has 1 rings (SSSR count). The molecule has 0 aliphatic heterocycles. The van der Waals surface area contributed by atoms with Crippen LogP contribution in [0.5, 0.6) is 0 Å². The fraction of sp³-hybridized carbons (Fsp3) is 1.00. The molecular formula is C12H26N2S. The van der Waals surface area contributed by atoms with Crippen molar-refractivity contribution in [3.8, 4) is 0 Å². The predicted molar refractivity (Wildman–Crippen MR) is 70.7 cm³/mol. The minimum Gasteiger partial charge on any atom is -0.313 e. The van der Waals surface area contributed by atoms with Crippen LogP contribution in [-0.2, 0) is 0 Å². The second-order valence-electron chi connectivity index (χ2n) is 5.55. The lowest BCUT2D eigenvalue weighted by atomic mass is 9.93. The number of rotatable bonds is 8. The standard InChI is InChI=1S/C12H26N2S/c1-12(2,9-13-11-5-6-11)10-14(3)7-8-15-4/h11,13H,5-10H2,1-4H3. The maximum absolute atomic E-state index is 3.63. The average Bonchev–Trinajstić information content (AvgIpc) is 2.94. The van der Waals surface area contributed by atoms with Gasteiger partial charge in [0.2, 0.25) is 0 Å². The quantitative estimate of drug-likeness (QED) is 0.687. The summed E-state index contributed by atoms with van der Waals surface area (Å²) >= 11 is 1.93. The monoisotopic (exact) mass is 230 g/mol. The van der Waals surface area contributed by atoms with Crippen molar-refractivity contribution >= 4 is 11.8 Å². The van der Waals surface area contributed by atoms with Gasteiger partial charge in [-0.1, -0.05) is 13.8 Å². The van der Waals surface area contributed by atoms with Crippen molar-refractivity contribution in [2.24, 2.45) is 5.41 Å². The molecule has 1 aliphatic carbocycles. The van der Waals surface area contributed by atoms with Gasteiger partial charge < -0.3 is 10.2 Å². The van der Waals surface area contributed by atoms with E-state index in [2.05, 4.69) is 37.4 Å². The van der Waals surface area contributed by atoms with Crippen LogP contribution >= 0.6 is 11.8 Å². The summed E-state index contributed by atoms with van der Waals surface area (Å²) in [7, 11) is 2.23. The van der Waals surface area contributed by atoms with E-state index in [1.807, 2.05) is 11.8 Å². The number of nitrogens with one attached hydrogen (secondary N) is 1. The summed E-state index contributed by atoms with van der Waals surface area (Å²) in [5.74, 6) is 1.24. The SMILES string of the molecule is CSCCN(C)CC(C)(C)CNC1CC1. The van der Waals surface area contributed by atoms with Crippen LogP contribution in [0.2, 0.25) is 0 Å². The van der Waals surface area contributed by atoms with Gasteiger partial charge in [0.15, 0.2) is 0 Å². The van der Waals surface area contributed by atoms with Crippen molar-refractivity contribution in [3.63, 3.8) is 0 Å². The zero-order valence-electron chi connectivity index (χ0n) is 10.7. The summed E-state index contributed by atoms with van der Waals surface area (Å²) in [5, 5.41) is 3.63. The first kappa shape index (κ1) is 13.3. The molecule has 90 valence electrons. The molecule has 0 aromatic carbocycles. The van der Waals surface area contributed by atoms with Crippen LogP contribution in [0.15, 0.2) is 0 Å². The van der Waals surface area contributed by atoms with E-state index in [0.717, 1.165) is 12.6 Å². The second-order valence-corrected chi connectivity index (χ2v) is 6.54. The molecule has 0 unspecified atom stereocenters. The number of hydrogen-bond donors (Lipinski definition) is 1. The van der Waals surface area contributed by atoms with Crippen LogP contribution in [0.25, 0.3) is 0 Å². The first-order chi connectivity index (χ1) is 7.03. The lowest BCUT2D eigenvalue weighted by Gasteiger charge is -2.30. The molecule has 1 N–H and O–H groups in total. The zero-order chi connectivity index (χ0) is 11.3. The fourth-order valence-corrected chi connectivity index (χ4v) is 2.32. The Morgan fingerprint density at radius 2 is 2.07 bits per heavy atom. The highest BCUT2D eigenvalue weighted by molar-refractivity contribution is 7.98. The van der Waals surface area contributed by atoms with E-state index in [4.69, 9.17) is 0 Å². The third kappa shape index (κ3) is 6.44. The van der Waals surface area contributed by atoms with Crippen molar-refractivity contribution < 1.29 is 0 Å². The Hall–Kier alpha value is 0.270. The molecule has 0 amide bonds. The zero-order valence-corrected chi connectivity index (χ0v) is 11.5. The average molecular weight is 230 g/mol. The Bertz CT molecular complexity index is 178. The number of thioether (sulfide) groups is 1. The van der Waals surface area contributed by atoms with E-state index in [0.29, 0.717) is 5.41 Å². The third-order valence-electron chi connectivity index (χ3n) is 2.82. The van der Waals surface area contributed by atoms with Gasteiger partial charge in [-0.3, -0.25) is 0 Å². The van der Waals surface area contributed by atoms with Crippen LogP contribution in [0.1, 0.15) is 26.7 Å². The molecule has 0 aromatic rings. The third-order valence-corrected chi connectivity index (χ3v) is 3.41. The van der Waals surface area contributed by atoms with Gasteiger partial charge in [-0.25, -0.2) is 0 Å². The van der Waals surface area contributed by atoms with E-state index in [-0.39, 0.29) is 0 Å². The molecule has 1 aliphatic rings. The summed E-state index contributed by atoms with van der Waals surface area (Å²) in [4.78, 5) is 2.45. The van der Waals surface area contributed by atoms with Gasteiger partial charge in [0.1, 0.15) is 0 Å². The van der Waals surface area contributed by atoms with Crippen LogP contribution in [-0.4, -0.2) is 49.6 Å². The molecule has 0 bridgehead atoms. The summed E-state index contributed by atoms with van der Waals surface area (Å²) in [6.07, 6.45) is 4.95. The molecule has 0 heterocycles. The summed E-state index contributed by atoms with van der Waals surface area (Å²) in [5.41, 5.74) is 0.399. The van der Waals surface area contributed by atoms with E-state index in [1.54, 1.807) is 0 Å². The minimum absolute atomic E-state index is 0.399. The predicted octanol–water partition coefficient (Wildman–Crippen LogP) is 2.06. The summed E-state index contributed by atoms with van der Waals surface area (Å²) < 4.78 is 0. The molecular weight excluding hydrogens is 204 g/mol. The van der Waals surface area contributed by atoms with Crippen LogP contribution in [0.3, 0.4) is 0 Å². The highest BCUT2D eigenvalue weighted by atomic mass is 32.2. The van der Waals surface area contributed by atoms with Crippen molar-refractivity contribution in [2.45, 2.75) is 32.7 Å². The molecule has 2 nitrogen and oxygen atoms in total. The molecule has 0 radical (unpaired) electrons. The Balaban J connectivity index is 2.14. The minimum atomic E-state index is 0.399. The van der Waals surface area contributed by atoms with Crippen molar-refractivity contribution in [1.82, 2.24) is 10.2 Å². The Labute approximate surface area is 99.2 Å². The fourth-order valence-electron chi connectivity index (χ4n) is 1.82. The first-order valence-electron chi connectivity index (χ1n) is 5.94. The van der Waals surface area contributed by atoms with Crippen molar-refractivity contribution in [2.75, 3.05) is 38.7 Å². The Morgan fingerprint density at radius 1 is 1.40 bits per heavy atom. The largest absolute Gasteiger partial charge is 0.313 e. The molecule has 3 heteroatoms. The highest BCUT2D eigenvalue weighted by Gasteiger charge is 2.25. The van der Waals surface area contributed by atoms with Gasteiger partial charge >= 0.3 is 0 Å².